The highest BCUT2D eigenvalue weighted by molar-refractivity contribution is 5.77. The van der Waals surface area contributed by atoms with Gasteiger partial charge in [-0.3, -0.25) is 4.57 Å². The van der Waals surface area contributed by atoms with Gasteiger partial charge >= 0.3 is 0 Å². The molecule has 1 aromatic carbocycles. The van der Waals surface area contributed by atoms with Crippen LogP contribution in [0.5, 0.6) is 0 Å². The maximum atomic E-state index is 9.00. The van der Waals surface area contributed by atoms with E-state index in [1.54, 1.807) is 17.1 Å². The van der Waals surface area contributed by atoms with Crippen LogP contribution in [-0.4, -0.2) is 19.5 Å². The van der Waals surface area contributed by atoms with Gasteiger partial charge in [0, 0.05) is 12.4 Å². The summed E-state index contributed by atoms with van der Waals surface area (Å²) in [7, 11) is 0. The topological polar surface area (TPSA) is 67.4 Å². The Morgan fingerprint density at radius 2 is 1.88 bits per heavy atom. The van der Waals surface area contributed by atoms with Gasteiger partial charge in [-0.15, -0.1) is 0 Å². The first-order valence-electron chi connectivity index (χ1n) is 5.04. The fraction of sp³-hybridized carbons (Fsp3) is 0. The fourth-order valence-electron chi connectivity index (χ4n) is 1.71. The van der Waals surface area contributed by atoms with Crippen molar-refractivity contribution in [2.24, 2.45) is 0 Å². The van der Waals surface area contributed by atoms with Crippen LogP contribution in [0.25, 0.3) is 16.9 Å². The van der Waals surface area contributed by atoms with Crippen LogP contribution in [0.4, 0.5) is 0 Å². The molecule has 17 heavy (non-hydrogen) atoms. The predicted molar refractivity (Wildman–Crippen MR) is 61.4 cm³/mol. The molecule has 0 amide bonds. The number of para-hydroxylation sites is 2. The highest BCUT2D eigenvalue weighted by atomic mass is 15.1. The number of aromatic nitrogens is 4. The van der Waals surface area contributed by atoms with Gasteiger partial charge in [-0.25, -0.2) is 15.0 Å². The molecule has 0 fully saturated rings. The maximum absolute atomic E-state index is 9.00. The van der Waals surface area contributed by atoms with E-state index in [1.807, 2.05) is 30.3 Å². The third kappa shape index (κ3) is 1.43. The second-order valence-electron chi connectivity index (χ2n) is 3.44. The van der Waals surface area contributed by atoms with E-state index in [9.17, 15) is 0 Å². The lowest BCUT2D eigenvalue weighted by atomic mass is 10.3. The van der Waals surface area contributed by atoms with Crippen LogP contribution >= 0.6 is 0 Å². The van der Waals surface area contributed by atoms with Crippen LogP contribution < -0.4 is 0 Å². The zero-order valence-electron chi connectivity index (χ0n) is 8.78. The summed E-state index contributed by atoms with van der Waals surface area (Å²) >= 11 is 0. The molecule has 5 heteroatoms. The Kier molecular flexibility index (Phi) is 2.06. The summed E-state index contributed by atoms with van der Waals surface area (Å²) < 4.78 is 1.76. The third-order valence-electron chi connectivity index (χ3n) is 2.47. The van der Waals surface area contributed by atoms with Crippen LogP contribution in [0.1, 0.15) is 5.69 Å². The summed E-state index contributed by atoms with van der Waals surface area (Å²) in [5.41, 5.74) is 2.06. The first kappa shape index (κ1) is 9.48. The molecule has 2 aromatic heterocycles. The lowest BCUT2D eigenvalue weighted by Crippen LogP contribution is -2.00. The molecule has 0 aliphatic carbocycles. The SMILES string of the molecule is N#Cc1nccnc1-n1cnc2ccccc21. The minimum atomic E-state index is 0.288. The average molecular weight is 221 g/mol. The van der Waals surface area contributed by atoms with Crippen LogP contribution in [0.15, 0.2) is 43.0 Å². The summed E-state index contributed by atoms with van der Waals surface area (Å²) in [4.78, 5) is 12.4. The van der Waals surface area contributed by atoms with Gasteiger partial charge in [0.2, 0.25) is 0 Å². The van der Waals surface area contributed by atoms with Gasteiger partial charge in [-0.2, -0.15) is 5.26 Å². The highest BCUT2D eigenvalue weighted by Gasteiger charge is 2.09. The lowest BCUT2D eigenvalue weighted by molar-refractivity contribution is 0.982. The van der Waals surface area contributed by atoms with E-state index in [-0.39, 0.29) is 5.69 Å². The van der Waals surface area contributed by atoms with Crippen molar-refractivity contribution in [3.05, 3.63) is 48.7 Å². The molecule has 80 valence electrons. The molecule has 0 unspecified atom stereocenters. The van der Waals surface area contributed by atoms with Crippen molar-refractivity contribution >= 4 is 11.0 Å². The molecule has 0 aliphatic heterocycles. The van der Waals surface area contributed by atoms with Gasteiger partial charge in [-0.1, -0.05) is 12.1 Å². The Morgan fingerprint density at radius 3 is 2.76 bits per heavy atom. The van der Waals surface area contributed by atoms with Crippen LogP contribution in [0, 0.1) is 11.3 Å². The molecule has 3 aromatic rings. The zero-order valence-corrected chi connectivity index (χ0v) is 8.78. The molecule has 0 saturated carbocycles. The number of hydrogen-bond acceptors (Lipinski definition) is 4. The number of hydrogen-bond donors (Lipinski definition) is 0. The largest absolute Gasteiger partial charge is 0.280 e. The zero-order chi connectivity index (χ0) is 11.7. The van der Waals surface area contributed by atoms with E-state index in [0.717, 1.165) is 11.0 Å². The van der Waals surface area contributed by atoms with Gasteiger partial charge < -0.3 is 0 Å². The average Bonchev–Trinajstić information content (AvgIpc) is 2.82. The van der Waals surface area contributed by atoms with E-state index in [4.69, 9.17) is 5.26 Å². The molecule has 0 saturated heterocycles. The number of fused-ring (bicyclic) bond motifs is 1. The molecule has 2 heterocycles. The van der Waals surface area contributed by atoms with Crippen molar-refractivity contribution in [1.82, 2.24) is 19.5 Å². The Hall–Kier alpha value is -2.74. The van der Waals surface area contributed by atoms with Crippen LogP contribution in [0.3, 0.4) is 0 Å². The van der Waals surface area contributed by atoms with Gasteiger partial charge in [0.05, 0.1) is 11.0 Å². The van der Waals surface area contributed by atoms with E-state index in [1.165, 1.54) is 6.20 Å². The molecule has 0 spiro atoms. The lowest BCUT2D eigenvalue weighted by Gasteiger charge is -2.03. The minimum Gasteiger partial charge on any atom is -0.280 e. The standard InChI is InChI=1S/C12H7N5/c13-7-10-12(15-6-5-14-10)17-8-16-9-3-1-2-4-11(9)17/h1-6,8H. The van der Waals surface area contributed by atoms with Crippen molar-refractivity contribution in [3.63, 3.8) is 0 Å². The van der Waals surface area contributed by atoms with Crippen LogP contribution in [0.2, 0.25) is 0 Å². The monoisotopic (exact) mass is 221 g/mol. The third-order valence-corrected chi connectivity index (χ3v) is 2.47. The second-order valence-corrected chi connectivity index (χ2v) is 3.44. The smallest absolute Gasteiger partial charge is 0.183 e. The Labute approximate surface area is 97.0 Å². The molecular formula is C12H7N5. The predicted octanol–water partition coefficient (Wildman–Crippen LogP) is 1.69. The molecule has 0 aliphatic rings. The molecular weight excluding hydrogens is 214 g/mol. The van der Waals surface area contributed by atoms with Gasteiger partial charge in [0.1, 0.15) is 12.4 Å². The summed E-state index contributed by atoms with van der Waals surface area (Å²) in [6.07, 6.45) is 4.71. The molecule has 5 nitrogen and oxygen atoms in total. The summed E-state index contributed by atoms with van der Waals surface area (Å²) in [5, 5.41) is 9.00. The molecule has 0 atom stereocenters. The second kappa shape index (κ2) is 3.68. The number of rotatable bonds is 1. The quantitative estimate of drug-likeness (QED) is 0.627. The normalized spacial score (nSPS) is 10.3. The Morgan fingerprint density at radius 1 is 1.06 bits per heavy atom. The molecule has 0 bridgehead atoms. The Bertz CT molecular complexity index is 723. The maximum Gasteiger partial charge on any atom is 0.183 e. The number of nitriles is 1. The summed E-state index contributed by atoms with van der Waals surface area (Å²) in [6.45, 7) is 0. The van der Waals surface area contributed by atoms with Crippen molar-refractivity contribution < 1.29 is 0 Å². The van der Waals surface area contributed by atoms with Crippen molar-refractivity contribution in [1.29, 1.82) is 5.26 Å². The van der Waals surface area contributed by atoms with Crippen molar-refractivity contribution in [3.8, 4) is 11.9 Å². The summed E-state index contributed by atoms with van der Waals surface area (Å²) in [6, 6.07) is 9.70. The van der Waals surface area contributed by atoms with E-state index in [2.05, 4.69) is 15.0 Å². The number of benzene rings is 1. The van der Waals surface area contributed by atoms with E-state index in [0.29, 0.717) is 5.82 Å². The first-order valence-corrected chi connectivity index (χ1v) is 5.04. The molecule has 0 N–H and O–H groups in total. The van der Waals surface area contributed by atoms with Crippen molar-refractivity contribution in [2.75, 3.05) is 0 Å². The van der Waals surface area contributed by atoms with Gasteiger partial charge in [-0.05, 0) is 12.1 Å². The summed E-state index contributed by atoms with van der Waals surface area (Å²) in [5.74, 6) is 0.503. The van der Waals surface area contributed by atoms with Gasteiger partial charge in [0.15, 0.2) is 11.5 Å². The van der Waals surface area contributed by atoms with E-state index >= 15 is 0 Å². The first-order chi connectivity index (χ1) is 8.40. The Balaban J connectivity index is 2.32. The number of imidazole rings is 1. The fourth-order valence-corrected chi connectivity index (χ4v) is 1.71. The highest BCUT2D eigenvalue weighted by Crippen LogP contribution is 2.17. The van der Waals surface area contributed by atoms with E-state index < -0.39 is 0 Å². The van der Waals surface area contributed by atoms with Gasteiger partial charge in [0.25, 0.3) is 0 Å². The number of nitrogens with zero attached hydrogens (tertiary/aromatic N) is 5. The molecule has 3 rings (SSSR count). The van der Waals surface area contributed by atoms with Crippen LogP contribution in [-0.2, 0) is 0 Å². The molecule has 0 radical (unpaired) electrons. The van der Waals surface area contributed by atoms with Crippen molar-refractivity contribution in [2.45, 2.75) is 0 Å². The minimum absolute atomic E-state index is 0.288.